The highest BCUT2D eigenvalue weighted by Gasteiger charge is 2.15. The largest absolute Gasteiger partial charge is 0.478 e. The lowest BCUT2D eigenvalue weighted by molar-refractivity contribution is 0.0691. The van der Waals surface area contributed by atoms with Crippen molar-refractivity contribution in [3.05, 3.63) is 71.3 Å². The van der Waals surface area contributed by atoms with E-state index in [0.717, 1.165) is 5.56 Å². The van der Waals surface area contributed by atoms with E-state index in [1.54, 1.807) is 18.2 Å². The van der Waals surface area contributed by atoms with Crippen molar-refractivity contribution in [2.45, 2.75) is 12.8 Å². The quantitative estimate of drug-likeness (QED) is 0.833. The molecule has 1 N–H and O–H groups in total. The molecule has 0 atom stereocenters. The number of aryl methyl sites for hydroxylation is 1. The van der Waals surface area contributed by atoms with Gasteiger partial charge in [0.15, 0.2) is 5.78 Å². The second-order valence-corrected chi connectivity index (χ2v) is 4.26. The first kappa shape index (κ1) is 13.0. The summed E-state index contributed by atoms with van der Waals surface area (Å²) < 4.78 is 0. The fraction of sp³-hybridized carbons (Fsp3) is 0.125. The van der Waals surface area contributed by atoms with Gasteiger partial charge in [0.05, 0.1) is 5.56 Å². The van der Waals surface area contributed by atoms with Crippen LogP contribution in [0.15, 0.2) is 54.6 Å². The number of hydrogen-bond acceptors (Lipinski definition) is 2. The van der Waals surface area contributed by atoms with Gasteiger partial charge in [0.1, 0.15) is 0 Å². The number of Topliss-reactive ketones (excluding diaryl/α,β-unsaturated/α-hetero) is 1. The number of ketones is 1. The van der Waals surface area contributed by atoms with Crippen LogP contribution in [-0.2, 0) is 6.42 Å². The van der Waals surface area contributed by atoms with E-state index < -0.39 is 5.97 Å². The Labute approximate surface area is 111 Å². The van der Waals surface area contributed by atoms with Gasteiger partial charge in [-0.2, -0.15) is 0 Å². The molecule has 2 aromatic rings. The van der Waals surface area contributed by atoms with Crippen LogP contribution in [0.25, 0.3) is 0 Å². The molecule has 0 aliphatic rings. The molecular weight excluding hydrogens is 240 g/mol. The highest BCUT2D eigenvalue weighted by Crippen LogP contribution is 2.13. The van der Waals surface area contributed by atoms with Crippen molar-refractivity contribution in [2.75, 3.05) is 0 Å². The fourth-order valence-corrected chi connectivity index (χ4v) is 1.95. The normalized spacial score (nSPS) is 10.1. The van der Waals surface area contributed by atoms with Gasteiger partial charge in [0, 0.05) is 12.0 Å². The van der Waals surface area contributed by atoms with Crippen molar-refractivity contribution in [1.29, 1.82) is 0 Å². The Morgan fingerprint density at radius 3 is 2.05 bits per heavy atom. The van der Waals surface area contributed by atoms with Gasteiger partial charge in [-0.25, -0.2) is 4.79 Å². The van der Waals surface area contributed by atoms with Crippen LogP contribution in [-0.4, -0.2) is 16.9 Å². The van der Waals surface area contributed by atoms with E-state index in [2.05, 4.69) is 0 Å². The maximum atomic E-state index is 12.1. The van der Waals surface area contributed by atoms with Crippen molar-refractivity contribution in [3.63, 3.8) is 0 Å². The molecule has 0 aliphatic carbocycles. The predicted octanol–water partition coefficient (Wildman–Crippen LogP) is 3.20. The van der Waals surface area contributed by atoms with Crippen LogP contribution in [0.2, 0.25) is 0 Å². The van der Waals surface area contributed by atoms with Crippen molar-refractivity contribution in [3.8, 4) is 0 Å². The van der Waals surface area contributed by atoms with Crippen LogP contribution in [0.5, 0.6) is 0 Å². The van der Waals surface area contributed by atoms with Gasteiger partial charge in [-0.1, -0.05) is 48.5 Å². The summed E-state index contributed by atoms with van der Waals surface area (Å²) >= 11 is 0. The molecule has 0 aliphatic heterocycles. The summed E-state index contributed by atoms with van der Waals surface area (Å²) in [5, 5.41) is 9.05. The monoisotopic (exact) mass is 254 g/mol. The third-order valence-electron chi connectivity index (χ3n) is 2.94. The molecule has 2 aromatic carbocycles. The third kappa shape index (κ3) is 3.28. The lowest BCUT2D eigenvalue weighted by atomic mass is 9.99. The van der Waals surface area contributed by atoms with Crippen LogP contribution in [0.1, 0.15) is 32.7 Å². The lowest BCUT2D eigenvalue weighted by Crippen LogP contribution is -2.09. The molecule has 0 radical (unpaired) electrons. The number of aromatic carboxylic acids is 1. The summed E-state index contributed by atoms with van der Waals surface area (Å²) in [5.41, 5.74) is 1.43. The summed E-state index contributed by atoms with van der Waals surface area (Å²) in [6.45, 7) is 0. The molecule has 0 bridgehead atoms. The summed E-state index contributed by atoms with van der Waals surface area (Å²) in [6, 6.07) is 16.0. The molecule has 0 fully saturated rings. The van der Waals surface area contributed by atoms with E-state index >= 15 is 0 Å². The zero-order valence-corrected chi connectivity index (χ0v) is 10.4. The molecule has 0 saturated carbocycles. The van der Waals surface area contributed by atoms with Crippen molar-refractivity contribution in [1.82, 2.24) is 0 Å². The highest BCUT2D eigenvalue weighted by molar-refractivity contribution is 6.05. The van der Waals surface area contributed by atoms with E-state index in [1.807, 2.05) is 30.3 Å². The molecule has 0 heterocycles. The Balaban J connectivity index is 2.10. The SMILES string of the molecule is O=C(O)c1ccccc1C(=O)CCc1ccccc1. The van der Waals surface area contributed by atoms with Crippen LogP contribution in [0.4, 0.5) is 0 Å². The first-order chi connectivity index (χ1) is 9.18. The van der Waals surface area contributed by atoms with E-state index in [9.17, 15) is 9.59 Å². The maximum Gasteiger partial charge on any atom is 0.336 e. The minimum atomic E-state index is -1.07. The molecule has 0 spiro atoms. The Bertz CT molecular complexity index is 588. The third-order valence-corrected chi connectivity index (χ3v) is 2.94. The van der Waals surface area contributed by atoms with E-state index in [0.29, 0.717) is 12.8 Å². The second kappa shape index (κ2) is 5.96. The minimum Gasteiger partial charge on any atom is -0.478 e. The second-order valence-electron chi connectivity index (χ2n) is 4.26. The fourth-order valence-electron chi connectivity index (χ4n) is 1.95. The summed E-state index contributed by atoms with van der Waals surface area (Å²) in [6.07, 6.45) is 0.932. The van der Waals surface area contributed by atoms with Crippen LogP contribution in [0.3, 0.4) is 0 Å². The average Bonchev–Trinajstić information content (AvgIpc) is 2.46. The van der Waals surface area contributed by atoms with E-state index in [-0.39, 0.29) is 16.9 Å². The Morgan fingerprint density at radius 1 is 0.842 bits per heavy atom. The Morgan fingerprint density at radius 2 is 1.42 bits per heavy atom. The molecule has 0 saturated heterocycles. The van der Waals surface area contributed by atoms with Crippen LogP contribution < -0.4 is 0 Å². The first-order valence-corrected chi connectivity index (χ1v) is 6.08. The van der Waals surface area contributed by atoms with Gasteiger partial charge in [0.2, 0.25) is 0 Å². The summed E-state index contributed by atoms with van der Waals surface area (Å²) in [5.74, 6) is -1.20. The van der Waals surface area contributed by atoms with Gasteiger partial charge in [-0.15, -0.1) is 0 Å². The van der Waals surface area contributed by atoms with Crippen LogP contribution >= 0.6 is 0 Å². The Kier molecular flexibility index (Phi) is 4.08. The number of carbonyl (C=O) groups is 2. The Hall–Kier alpha value is -2.42. The standard InChI is InChI=1S/C16H14O3/c17-15(11-10-12-6-2-1-3-7-12)13-8-4-5-9-14(13)16(18)19/h1-9H,10-11H2,(H,18,19). The predicted molar refractivity (Wildman–Crippen MR) is 72.5 cm³/mol. The lowest BCUT2D eigenvalue weighted by Gasteiger charge is -2.05. The minimum absolute atomic E-state index is 0.0700. The topological polar surface area (TPSA) is 54.4 Å². The van der Waals surface area contributed by atoms with Gasteiger partial charge in [-0.3, -0.25) is 4.79 Å². The molecule has 0 unspecified atom stereocenters. The number of hydrogen-bond donors (Lipinski definition) is 1. The zero-order valence-electron chi connectivity index (χ0n) is 10.4. The molecular formula is C16H14O3. The van der Waals surface area contributed by atoms with Gasteiger partial charge in [0.25, 0.3) is 0 Å². The van der Waals surface area contributed by atoms with Crippen LogP contribution in [0, 0.1) is 0 Å². The summed E-state index contributed by atoms with van der Waals surface area (Å²) in [7, 11) is 0. The van der Waals surface area contributed by atoms with Gasteiger partial charge >= 0.3 is 5.97 Å². The van der Waals surface area contributed by atoms with Gasteiger partial charge < -0.3 is 5.11 Å². The molecule has 96 valence electrons. The van der Waals surface area contributed by atoms with Gasteiger partial charge in [-0.05, 0) is 18.1 Å². The first-order valence-electron chi connectivity index (χ1n) is 6.08. The number of carboxylic acid groups (broad SMARTS) is 1. The molecule has 2 rings (SSSR count). The number of carbonyl (C=O) groups excluding carboxylic acids is 1. The molecule has 0 aromatic heterocycles. The number of rotatable bonds is 5. The number of carboxylic acids is 1. The molecule has 0 amide bonds. The van der Waals surface area contributed by atoms with Crippen molar-refractivity contribution >= 4 is 11.8 Å². The number of benzene rings is 2. The smallest absolute Gasteiger partial charge is 0.336 e. The van der Waals surface area contributed by atoms with E-state index in [1.165, 1.54) is 6.07 Å². The highest BCUT2D eigenvalue weighted by atomic mass is 16.4. The van der Waals surface area contributed by atoms with Crippen molar-refractivity contribution in [2.24, 2.45) is 0 Å². The average molecular weight is 254 g/mol. The van der Waals surface area contributed by atoms with Crippen molar-refractivity contribution < 1.29 is 14.7 Å². The maximum absolute atomic E-state index is 12.1. The van der Waals surface area contributed by atoms with E-state index in [4.69, 9.17) is 5.11 Å². The molecule has 19 heavy (non-hydrogen) atoms. The molecule has 3 nitrogen and oxygen atoms in total. The molecule has 3 heteroatoms. The summed E-state index contributed by atoms with van der Waals surface area (Å²) in [4.78, 5) is 23.1. The zero-order chi connectivity index (χ0) is 13.7.